The molecule has 0 aliphatic carbocycles. The van der Waals surface area contributed by atoms with Gasteiger partial charge in [0.15, 0.2) is 5.96 Å². The van der Waals surface area contributed by atoms with Crippen LogP contribution in [-0.4, -0.2) is 45.9 Å². The zero-order valence-electron chi connectivity index (χ0n) is 13.7. The molecule has 0 aromatic heterocycles. The summed E-state index contributed by atoms with van der Waals surface area (Å²) in [6.07, 6.45) is -0.214. The van der Waals surface area contributed by atoms with Crippen LogP contribution in [-0.2, 0) is 9.47 Å². The second-order valence-corrected chi connectivity index (χ2v) is 5.00. The molecule has 1 rings (SSSR count). The predicted octanol–water partition coefficient (Wildman–Crippen LogP) is 2.10. The number of aliphatic imine (C=N–C) groups is 1. The van der Waals surface area contributed by atoms with Crippen molar-refractivity contribution >= 4 is 5.96 Å². The molecule has 0 bridgehead atoms. The molecule has 124 valence electrons. The van der Waals surface area contributed by atoms with Crippen LogP contribution in [0.1, 0.15) is 25.5 Å². The second-order valence-electron chi connectivity index (χ2n) is 5.00. The van der Waals surface area contributed by atoms with E-state index in [-0.39, 0.29) is 18.0 Å². The average molecular weight is 311 g/mol. The van der Waals surface area contributed by atoms with Crippen LogP contribution in [0.5, 0.6) is 0 Å². The van der Waals surface area contributed by atoms with Crippen molar-refractivity contribution in [3.05, 3.63) is 35.6 Å². The van der Waals surface area contributed by atoms with Crippen LogP contribution >= 0.6 is 0 Å². The number of rotatable bonds is 8. The lowest BCUT2D eigenvalue weighted by atomic mass is 10.1. The summed E-state index contributed by atoms with van der Waals surface area (Å²) in [6.45, 7) is 5.82. The van der Waals surface area contributed by atoms with Crippen molar-refractivity contribution in [3.63, 3.8) is 0 Å². The van der Waals surface area contributed by atoms with Crippen molar-refractivity contribution in [1.29, 1.82) is 0 Å². The van der Waals surface area contributed by atoms with Crippen molar-refractivity contribution in [2.24, 2.45) is 4.99 Å². The van der Waals surface area contributed by atoms with Gasteiger partial charge in [0, 0.05) is 26.8 Å². The Morgan fingerprint density at radius 1 is 1.27 bits per heavy atom. The molecule has 0 saturated carbocycles. The Hall–Kier alpha value is -1.66. The Morgan fingerprint density at radius 3 is 2.50 bits per heavy atom. The first-order valence-corrected chi connectivity index (χ1v) is 7.42. The highest BCUT2D eigenvalue weighted by Crippen LogP contribution is 2.17. The molecule has 0 amide bonds. The van der Waals surface area contributed by atoms with Gasteiger partial charge in [0.1, 0.15) is 11.9 Å². The number of ether oxygens (including phenoxy) is 2. The van der Waals surface area contributed by atoms with Crippen LogP contribution in [0.15, 0.2) is 29.3 Å². The summed E-state index contributed by atoms with van der Waals surface area (Å²) in [5.74, 6) is 0.446. The van der Waals surface area contributed by atoms with Crippen LogP contribution in [0.3, 0.4) is 0 Å². The van der Waals surface area contributed by atoms with E-state index >= 15 is 0 Å². The first-order valence-electron chi connectivity index (χ1n) is 7.42. The molecular formula is C16H26FN3O2. The number of benzene rings is 1. The summed E-state index contributed by atoms with van der Waals surface area (Å²) in [5, 5.41) is 6.44. The van der Waals surface area contributed by atoms with Crippen molar-refractivity contribution in [1.82, 2.24) is 10.6 Å². The highest BCUT2D eigenvalue weighted by atomic mass is 19.1. The number of methoxy groups -OCH3 is 2. The first kappa shape index (κ1) is 18.4. The van der Waals surface area contributed by atoms with Gasteiger partial charge in [-0.05, 0) is 31.5 Å². The van der Waals surface area contributed by atoms with E-state index in [0.717, 1.165) is 12.1 Å². The molecule has 0 aliphatic heterocycles. The maximum Gasteiger partial charge on any atom is 0.191 e. The van der Waals surface area contributed by atoms with Crippen LogP contribution < -0.4 is 10.6 Å². The zero-order valence-corrected chi connectivity index (χ0v) is 13.7. The standard InChI is InChI=1S/C16H26FN3O2/c1-5-18-16(20-12(2)11-21-3)19-10-15(22-4)13-6-8-14(17)9-7-13/h6-9,12,15H,5,10-11H2,1-4H3,(H2,18,19,20). The molecule has 0 aliphatic rings. The summed E-state index contributed by atoms with van der Waals surface area (Å²) in [4.78, 5) is 4.53. The molecule has 22 heavy (non-hydrogen) atoms. The quantitative estimate of drug-likeness (QED) is 0.570. The predicted molar refractivity (Wildman–Crippen MR) is 86.6 cm³/mol. The lowest BCUT2D eigenvalue weighted by Gasteiger charge is -2.19. The molecule has 2 atom stereocenters. The van der Waals surface area contributed by atoms with E-state index in [1.807, 2.05) is 13.8 Å². The Balaban J connectivity index is 2.71. The number of guanidine groups is 1. The van der Waals surface area contributed by atoms with E-state index in [2.05, 4.69) is 15.6 Å². The fourth-order valence-electron chi connectivity index (χ4n) is 2.01. The SMILES string of the molecule is CCNC(=NCC(OC)c1ccc(F)cc1)NC(C)COC. The molecule has 1 aromatic rings. The fourth-order valence-corrected chi connectivity index (χ4v) is 2.01. The number of halogens is 1. The minimum Gasteiger partial charge on any atom is -0.383 e. The van der Waals surface area contributed by atoms with Gasteiger partial charge in [-0.1, -0.05) is 12.1 Å². The highest BCUT2D eigenvalue weighted by Gasteiger charge is 2.11. The number of nitrogens with zero attached hydrogens (tertiary/aromatic N) is 1. The smallest absolute Gasteiger partial charge is 0.191 e. The first-order chi connectivity index (χ1) is 10.6. The second kappa shape index (κ2) is 10.1. The van der Waals surface area contributed by atoms with Crippen LogP contribution in [0.2, 0.25) is 0 Å². The van der Waals surface area contributed by atoms with E-state index < -0.39 is 0 Å². The van der Waals surface area contributed by atoms with Gasteiger partial charge in [0.25, 0.3) is 0 Å². The molecule has 0 fully saturated rings. The molecule has 0 spiro atoms. The summed E-state index contributed by atoms with van der Waals surface area (Å²) < 4.78 is 23.5. The molecule has 5 nitrogen and oxygen atoms in total. The third kappa shape index (κ3) is 6.41. The number of hydrogen-bond donors (Lipinski definition) is 2. The van der Waals surface area contributed by atoms with E-state index in [9.17, 15) is 4.39 Å². The van der Waals surface area contributed by atoms with Crippen molar-refractivity contribution in [2.45, 2.75) is 26.0 Å². The molecule has 2 unspecified atom stereocenters. The van der Waals surface area contributed by atoms with Crippen LogP contribution in [0, 0.1) is 5.82 Å². The van der Waals surface area contributed by atoms with E-state index in [1.165, 1.54) is 12.1 Å². The maximum absolute atomic E-state index is 13.0. The number of nitrogens with one attached hydrogen (secondary N) is 2. The molecule has 6 heteroatoms. The molecule has 0 radical (unpaired) electrons. The molecule has 0 heterocycles. The van der Waals surface area contributed by atoms with E-state index in [0.29, 0.717) is 19.1 Å². The average Bonchev–Trinajstić information content (AvgIpc) is 2.50. The molecule has 2 N–H and O–H groups in total. The van der Waals surface area contributed by atoms with Crippen molar-refractivity contribution in [2.75, 3.05) is 33.9 Å². The Labute approximate surface area is 131 Å². The van der Waals surface area contributed by atoms with Gasteiger partial charge in [-0.3, -0.25) is 4.99 Å². The van der Waals surface area contributed by atoms with Crippen LogP contribution in [0.25, 0.3) is 0 Å². The largest absolute Gasteiger partial charge is 0.383 e. The van der Waals surface area contributed by atoms with Gasteiger partial charge in [-0.25, -0.2) is 4.39 Å². The summed E-state index contributed by atoms with van der Waals surface area (Å²) in [5.41, 5.74) is 0.897. The monoisotopic (exact) mass is 311 g/mol. The maximum atomic E-state index is 13.0. The lowest BCUT2D eigenvalue weighted by molar-refractivity contribution is 0.110. The Kier molecular flexibility index (Phi) is 8.47. The highest BCUT2D eigenvalue weighted by molar-refractivity contribution is 5.80. The van der Waals surface area contributed by atoms with Crippen molar-refractivity contribution < 1.29 is 13.9 Å². The molecule has 0 saturated heterocycles. The van der Waals surface area contributed by atoms with E-state index in [4.69, 9.17) is 9.47 Å². The third-order valence-corrected chi connectivity index (χ3v) is 3.09. The van der Waals surface area contributed by atoms with Gasteiger partial charge >= 0.3 is 0 Å². The molecule has 1 aromatic carbocycles. The number of hydrogen-bond acceptors (Lipinski definition) is 3. The third-order valence-electron chi connectivity index (χ3n) is 3.09. The minimum absolute atomic E-state index is 0.148. The Morgan fingerprint density at radius 2 is 1.95 bits per heavy atom. The van der Waals surface area contributed by atoms with Gasteiger partial charge in [-0.15, -0.1) is 0 Å². The zero-order chi connectivity index (χ0) is 16.4. The summed E-state index contributed by atoms with van der Waals surface area (Å²) >= 11 is 0. The minimum atomic E-state index is -0.259. The Bertz CT molecular complexity index is 451. The van der Waals surface area contributed by atoms with E-state index in [1.54, 1.807) is 26.4 Å². The van der Waals surface area contributed by atoms with Gasteiger partial charge in [0.2, 0.25) is 0 Å². The van der Waals surface area contributed by atoms with Gasteiger partial charge in [-0.2, -0.15) is 0 Å². The summed E-state index contributed by atoms with van der Waals surface area (Å²) in [7, 11) is 3.29. The summed E-state index contributed by atoms with van der Waals surface area (Å²) in [6, 6.07) is 6.43. The normalized spacial score (nSPS) is 14.5. The lowest BCUT2D eigenvalue weighted by Crippen LogP contribution is -2.44. The fraction of sp³-hybridized carbons (Fsp3) is 0.562. The molecular weight excluding hydrogens is 285 g/mol. The van der Waals surface area contributed by atoms with Gasteiger partial charge in [0.05, 0.1) is 13.2 Å². The van der Waals surface area contributed by atoms with Gasteiger partial charge < -0.3 is 20.1 Å². The van der Waals surface area contributed by atoms with Crippen LogP contribution in [0.4, 0.5) is 4.39 Å². The van der Waals surface area contributed by atoms with Crippen molar-refractivity contribution in [3.8, 4) is 0 Å². The topological polar surface area (TPSA) is 54.9 Å².